The molecule has 1 heterocycles. The molecule has 1 fully saturated rings. The summed E-state index contributed by atoms with van der Waals surface area (Å²) in [4.78, 5) is 12.7. The van der Waals surface area contributed by atoms with Gasteiger partial charge >= 0.3 is 12.1 Å². The third kappa shape index (κ3) is 2.81. The van der Waals surface area contributed by atoms with E-state index < -0.39 is 29.4 Å². The number of benzene rings is 1. The summed E-state index contributed by atoms with van der Waals surface area (Å²) in [5.74, 6) is -1.41. The molecule has 4 nitrogen and oxygen atoms in total. The van der Waals surface area contributed by atoms with Gasteiger partial charge in [-0.15, -0.1) is 0 Å². The van der Waals surface area contributed by atoms with E-state index in [2.05, 4.69) is 0 Å². The predicted octanol–water partition coefficient (Wildman–Crippen LogP) is 1.97. The molecule has 0 aliphatic carbocycles. The van der Waals surface area contributed by atoms with Gasteiger partial charge in [-0.3, -0.25) is 0 Å². The van der Waals surface area contributed by atoms with Crippen LogP contribution in [0.15, 0.2) is 18.2 Å². The van der Waals surface area contributed by atoms with E-state index in [4.69, 9.17) is 5.11 Å². The number of hydrogen-bond acceptors (Lipinski definition) is 3. The number of nitrogens with zero attached hydrogens (tertiary/aromatic N) is 1. The standard InChI is InChI=1S/C12H12F3NO3/c13-12(14,15)7-1-2-10(9(5-7)11(18)19)16-4-3-8(17)6-16/h1-2,5,8,17H,3-4,6H2,(H,18,19). The van der Waals surface area contributed by atoms with Gasteiger partial charge in [0.25, 0.3) is 0 Å². The van der Waals surface area contributed by atoms with Crippen molar-refractivity contribution in [2.75, 3.05) is 18.0 Å². The summed E-state index contributed by atoms with van der Waals surface area (Å²) in [6, 6.07) is 2.62. The van der Waals surface area contributed by atoms with Crippen LogP contribution in [0.4, 0.5) is 18.9 Å². The Morgan fingerprint density at radius 2 is 2.05 bits per heavy atom. The van der Waals surface area contributed by atoms with E-state index in [1.807, 2.05) is 0 Å². The third-order valence-electron chi connectivity index (χ3n) is 3.06. The lowest BCUT2D eigenvalue weighted by molar-refractivity contribution is -0.137. The number of aromatic carboxylic acids is 1. The Balaban J connectivity index is 2.42. The van der Waals surface area contributed by atoms with Gasteiger partial charge in [0, 0.05) is 13.1 Å². The van der Waals surface area contributed by atoms with Crippen molar-refractivity contribution in [1.29, 1.82) is 0 Å². The average molecular weight is 275 g/mol. The molecule has 0 saturated carbocycles. The van der Waals surface area contributed by atoms with E-state index in [-0.39, 0.29) is 12.2 Å². The molecule has 1 atom stereocenters. The Bertz CT molecular complexity index is 501. The molecule has 0 radical (unpaired) electrons. The topological polar surface area (TPSA) is 60.8 Å². The second-order valence-electron chi connectivity index (χ2n) is 4.42. The molecule has 2 rings (SSSR count). The molecule has 0 spiro atoms. The first-order valence-corrected chi connectivity index (χ1v) is 5.66. The van der Waals surface area contributed by atoms with Crippen LogP contribution in [0, 0.1) is 0 Å². The van der Waals surface area contributed by atoms with Gasteiger partial charge in [0.1, 0.15) is 0 Å². The summed E-state index contributed by atoms with van der Waals surface area (Å²) in [6.45, 7) is 0.651. The minimum Gasteiger partial charge on any atom is -0.478 e. The summed E-state index contributed by atoms with van der Waals surface area (Å²) in [6.07, 6.45) is -4.68. The van der Waals surface area contributed by atoms with Crippen LogP contribution < -0.4 is 4.90 Å². The molecule has 2 N–H and O–H groups in total. The van der Waals surface area contributed by atoms with Crippen LogP contribution in [-0.2, 0) is 6.18 Å². The molecule has 1 aromatic rings. The van der Waals surface area contributed by atoms with Crippen molar-refractivity contribution in [3.63, 3.8) is 0 Å². The Morgan fingerprint density at radius 3 is 2.53 bits per heavy atom. The number of β-amino-alcohol motifs (C(OH)–C–C–N with tert-alkyl or cyclic N) is 1. The maximum absolute atomic E-state index is 12.6. The molecule has 1 aliphatic rings. The Labute approximate surface area is 107 Å². The predicted molar refractivity (Wildman–Crippen MR) is 61.2 cm³/mol. The summed E-state index contributed by atoms with van der Waals surface area (Å²) in [7, 11) is 0. The lowest BCUT2D eigenvalue weighted by atomic mass is 10.1. The molecule has 0 amide bonds. The lowest BCUT2D eigenvalue weighted by Crippen LogP contribution is -2.24. The van der Waals surface area contributed by atoms with Gasteiger partial charge in [-0.1, -0.05) is 0 Å². The molecule has 104 valence electrons. The number of carbonyl (C=O) groups is 1. The number of hydrogen-bond donors (Lipinski definition) is 2. The fourth-order valence-electron chi connectivity index (χ4n) is 2.12. The molecule has 19 heavy (non-hydrogen) atoms. The van der Waals surface area contributed by atoms with Crippen LogP contribution in [0.5, 0.6) is 0 Å². The second-order valence-corrected chi connectivity index (χ2v) is 4.42. The zero-order chi connectivity index (χ0) is 14.2. The molecular formula is C12H12F3NO3. The normalized spacial score (nSPS) is 19.8. The fourth-order valence-corrected chi connectivity index (χ4v) is 2.12. The van der Waals surface area contributed by atoms with Crippen molar-refractivity contribution in [2.24, 2.45) is 0 Å². The van der Waals surface area contributed by atoms with E-state index in [0.717, 1.165) is 12.1 Å². The molecule has 1 aliphatic heterocycles. The smallest absolute Gasteiger partial charge is 0.416 e. The number of carboxylic acids is 1. The highest BCUT2D eigenvalue weighted by atomic mass is 19.4. The third-order valence-corrected chi connectivity index (χ3v) is 3.06. The number of aliphatic hydroxyl groups is 1. The highest BCUT2D eigenvalue weighted by Crippen LogP contribution is 2.33. The monoisotopic (exact) mass is 275 g/mol. The zero-order valence-corrected chi connectivity index (χ0v) is 9.81. The molecule has 0 bridgehead atoms. The first-order valence-electron chi connectivity index (χ1n) is 5.66. The quantitative estimate of drug-likeness (QED) is 0.866. The van der Waals surface area contributed by atoms with E-state index in [1.54, 1.807) is 4.90 Å². The van der Waals surface area contributed by atoms with Crippen molar-refractivity contribution in [1.82, 2.24) is 0 Å². The van der Waals surface area contributed by atoms with Gasteiger partial charge in [0.2, 0.25) is 0 Å². The summed E-state index contributed by atoms with van der Waals surface area (Å²) in [5, 5.41) is 18.4. The summed E-state index contributed by atoms with van der Waals surface area (Å²) >= 11 is 0. The van der Waals surface area contributed by atoms with Gasteiger partial charge < -0.3 is 15.1 Å². The zero-order valence-electron chi connectivity index (χ0n) is 9.81. The fraction of sp³-hybridized carbons (Fsp3) is 0.417. The summed E-state index contributed by atoms with van der Waals surface area (Å²) < 4.78 is 37.7. The molecule has 0 aromatic heterocycles. The van der Waals surface area contributed by atoms with E-state index in [9.17, 15) is 23.1 Å². The van der Waals surface area contributed by atoms with E-state index in [1.165, 1.54) is 0 Å². The highest BCUT2D eigenvalue weighted by Gasteiger charge is 2.33. The van der Waals surface area contributed by atoms with Crippen molar-refractivity contribution in [3.05, 3.63) is 29.3 Å². The SMILES string of the molecule is O=C(O)c1cc(C(F)(F)F)ccc1N1CCC(O)C1. The van der Waals surface area contributed by atoms with Crippen LogP contribution >= 0.6 is 0 Å². The van der Waals surface area contributed by atoms with E-state index >= 15 is 0 Å². The van der Waals surface area contributed by atoms with Gasteiger partial charge in [-0.05, 0) is 24.6 Å². The van der Waals surface area contributed by atoms with Gasteiger partial charge in [-0.25, -0.2) is 4.79 Å². The van der Waals surface area contributed by atoms with Crippen LogP contribution in [0.25, 0.3) is 0 Å². The van der Waals surface area contributed by atoms with Crippen LogP contribution in [-0.4, -0.2) is 35.4 Å². The van der Waals surface area contributed by atoms with Gasteiger partial charge in [0.15, 0.2) is 0 Å². The number of rotatable bonds is 2. The van der Waals surface area contributed by atoms with Crippen LogP contribution in [0.2, 0.25) is 0 Å². The maximum Gasteiger partial charge on any atom is 0.416 e. The Kier molecular flexibility index (Phi) is 3.40. The average Bonchev–Trinajstić information content (AvgIpc) is 2.73. The van der Waals surface area contributed by atoms with Crippen molar-refractivity contribution in [2.45, 2.75) is 18.7 Å². The first kappa shape index (κ1) is 13.7. The lowest BCUT2D eigenvalue weighted by Gasteiger charge is -2.21. The van der Waals surface area contributed by atoms with Gasteiger partial charge in [0.05, 0.1) is 22.9 Å². The Morgan fingerprint density at radius 1 is 1.37 bits per heavy atom. The second kappa shape index (κ2) is 4.73. The first-order chi connectivity index (χ1) is 8.79. The number of aliphatic hydroxyl groups excluding tert-OH is 1. The van der Waals surface area contributed by atoms with Crippen LogP contribution in [0.1, 0.15) is 22.3 Å². The minimum atomic E-state index is -4.58. The van der Waals surface area contributed by atoms with Crippen molar-refractivity contribution >= 4 is 11.7 Å². The molecular weight excluding hydrogens is 263 g/mol. The molecule has 1 aromatic carbocycles. The van der Waals surface area contributed by atoms with Crippen molar-refractivity contribution in [3.8, 4) is 0 Å². The van der Waals surface area contributed by atoms with Gasteiger partial charge in [-0.2, -0.15) is 13.2 Å². The summed E-state index contributed by atoms with van der Waals surface area (Å²) in [5.41, 5.74) is -1.19. The number of anilines is 1. The molecule has 7 heteroatoms. The number of alkyl halides is 3. The molecule has 1 unspecified atom stereocenters. The largest absolute Gasteiger partial charge is 0.478 e. The molecule has 1 saturated heterocycles. The maximum atomic E-state index is 12.6. The number of halogens is 3. The highest BCUT2D eigenvalue weighted by molar-refractivity contribution is 5.94. The van der Waals surface area contributed by atoms with Crippen LogP contribution in [0.3, 0.4) is 0 Å². The Hall–Kier alpha value is -1.76. The number of carboxylic acid groups (broad SMARTS) is 1. The van der Waals surface area contributed by atoms with Crippen molar-refractivity contribution < 1.29 is 28.2 Å². The minimum absolute atomic E-state index is 0.206. The van der Waals surface area contributed by atoms with E-state index in [0.29, 0.717) is 19.0 Å².